The van der Waals surface area contributed by atoms with Crippen LogP contribution in [0, 0.1) is 6.92 Å². The smallest absolute Gasteiger partial charge is 0.315 e. The molecule has 1 fully saturated rings. The van der Waals surface area contributed by atoms with Gasteiger partial charge in [0, 0.05) is 24.0 Å². The fourth-order valence-electron chi connectivity index (χ4n) is 2.90. The summed E-state index contributed by atoms with van der Waals surface area (Å²) < 4.78 is 5.68. The highest BCUT2D eigenvalue weighted by Gasteiger charge is 2.22. The summed E-state index contributed by atoms with van der Waals surface area (Å²) in [6, 6.07) is 6.94. The number of amides is 3. The molecular weight excluding hydrogens is 294 g/mol. The molecule has 23 heavy (non-hydrogen) atoms. The number of benzene rings is 1. The van der Waals surface area contributed by atoms with Crippen LogP contribution in [-0.2, 0) is 11.3 Å². The van der Waals surface area contributed by atoms with Crippen molar-refractivity contribution in [2.75, 3.05) is 6.54 Å². The summed E-state index contributed by atoms with van der Waals surface area (Å²) >= 11 is 0. The molecule has 0 unspecified atom stereocenters. The lowest BCUT2D eigenvalue weighted by atomic mass is 10.1. The highest BCUT2D eigenvalue weighted by atomic mass is 16.3. The molecule has 1 aromatic heterocycles. The van der Waals surface area contributed by atoms with Crippen molar-refractivity contribution in [1.29, 1.82) is 0 Å². The molecule has 1 aliphatic rings. The average molecular weight is 315 g/mol. The molecule has 1 aromatic carbocycles. The minimum absolute atomic E-state index is 0.109. The summed E-state index contributed by atoms with van der Waals surface area (Å²) in [4.78, 5) is 23.9. The summed E-state index contributed by atoms with van der Waals surface area (Å²) in [6.07, 6.45) is 2.55. The average Bonchev–Trinajstić information content (AvgIpc) is 2.72. The van der Waals surface area contributed by atoms with Crippen molar-refractivity contribution in [1.82, 2.24) is 16.0 Å². The first-order chi connectivity index (χ1) is 11.1. The van der Waals surface area contributed by atoms with E-state index in [0.29, 0.717) is 19.5 Å². The van der Waals surface area contributed by atoms with Crippen molar-refractivity contribution in [3.63, 3.8) is 0 Å². The molecule has 3 rings (SSSR count). The number of urea groups is 1. The van der Waals surface area contributed by atoms with E-state index in [0.717, 1.165) is 35.1 Å². The van der Waals surface area contributed by atoms with Crippen LogP contribution in [0.15, 0.2) is 28.7 Å². The summed E-state index contributed by atoms with van der Waals surface area (Å²) in [5.74, 6) is 0.682. The summed E-state index contributed by atoms with van der Waals surface area (Å²) in [5, 5.41) is 9.37. The van der Waals surface area contributed by atoms with Gasteiger partial charge in [-0.15, -0.1) is 0 Å². The van der Waals surface area contributed by atoms with Crippen molar-refractivity contribution in [2.24, 2.45) is 0 Å². The molecule has 0 bridgehead atoms. The van der Waals surface area contributed by atoms with Crippen LogP contribution in [0.25, 0.3) is 11.0 Å². The Kier molecular flexibility index (Phi) is 4.50. The van der Waals surface area contributed by atoms with Crippen LogP contribution >= 0.6 is 0 Å². The first kappa shape index (κ1) is 15.4. The Bertz CT molecular complexity index is 723. The second-order valence-corrected chi connectivity index (χ2v) is 5.80. The molecule has 2 heterocycles. The van der Waals surface area contributed by atoms with Gasteiger partial charge in [0.15, 0.2) is 0 Å². The zero-order chi connectivity index (χ0) is 16.2. The highest BCUT2D eigenvalue weighted by Crippen LogP contribution is 2.24. The minimum Gasteiger partial charge on any atom is -0.461 e. The van der Waals surface area contributed by atoms with E-state index in [1.54, 1.807) is 0 Å². The SMILES string of the molecule is Cc1oc2ccccc2c1CNC(=O)N[C@H]1CCCCNC1=O. The Hall–Kier alpha value is -2.50. The first-order valence-corrected chi connectivity index (χ1v) is 7.94. The summed E-state index contributed by atoms with van der Waals surface area (Å²) in [5.41, 5.74) is 1.77. The van der Waals surface area contributed by atoms with Crippen molar-refractivity contribution < 1.29 is 14.0 Å². The molecule has 1 saturated heterocycles. The van der Waals surface area contributed by atoms with Crippen molar-refractivity contribution in [3.8, 4) is 0 Å². The number of carbonyl (C=O) groups is 2. The van der Waals surface area contributed by atoms with E-state index in [1.165, 1.54) is 0 Å². The third-order valence-electron chi connectivity index (χ3n) is 4.17. The second kappa shape index (κ2) is 6.73. The van der Waals surface area contributed by atoms with Gasteiger partial charge in [-0.25, -0.2) is 4.79 Å². The maximum Gasteiger partial charge on any atom is 0.315 e. The number of fused-ring (bicyclic) bond motifs is 1. The lowest BCUT2D eigenvalue weighted by Crippen LogP contribution is -2.48. The molecule has 3 amide bonds. The number of furan rings is 1. The summed E-state index contributed by atoms with van der Waals surface area (Å²) in [7, 11) is 0. The van der Waals surface area contributed by atoms with Gasteiger partial charge in [0.2, 0.25) is 5.91 Å². The van der Waals surface area contributed by atoms with Crippen LogP contribution < -0.4 is 16.0 Å². The third-order valence-corrected chi connectivity index (χ3v) is 4.17. The Balaban J connectivity index is 1.62. The minimum atomic E-state index is -0.459. The monoisotopic (exact) mass is 315 g/mol. The number of nitrogens with one attached hydrogen (secondary N) is 3. The van der Waals surface area contributed by atoms with Crippen LogP contribution in [0.5, 0.6) is 0 Å². The normalized spacial score (nSPS) is 18.3. The van der Waals surface area contributed by atoms with Gasteiger partial charge < -0.3 is 20.4 Å². The first-order valence-electron chi connectivity index (χ1n) is 7.94. The van der Waals surface area contributed by atoms with Crippen molar-refractivity contribution in [3.05, 3.63) is 35.6 Å². The van der Waals surface area contributed by atoms with Crippen LogP contribution in [0.2, 0.25) is 0 Å². The lowest BCUT2D eigenvalue weighted by molar-refractivity contribution is -0.122. The topological polar surface area (TPSA) is 83.4 Å². The van der Waals surface area contributed by atoms with Gasteiger partial charge >= 0.3 is 6.03 Å². The fraction of sp³-hybridized carbons (Fsp3) is 0.412. The molecule has 6 nitrogen and oxygen atoms in total. The fourth-order valence-corrected chi connectivity index (χ4v) is 2.90. The number of rotatable bonds is 3. The van der Waals surface area contributed by atoms with Gasteiger partial charge in [0.1, 0.15) is 17.4 Å². The van der Waals surface area contributed by atoms with E-state index in [2.05, 4.69) is 16.0 Å². The van der Waals surface area contributed by atoms with E-state index in [1.807, 2.05) is 31.2 Å². The van der Waals surface area contributed by atoms with E-state index < -0.39 is 6.04 Å². The predicted octanol–water partition coefficient (Wildman–Crippen LogP) is 2.21. The molecule has 0 aliphatic carbocycles. The number of para-hydroxylation sites is 1. The van der Waals surface area contributed by atoms with Gasteiger partial charge in [0.05, 0.1) is 0 Å². The van der Waals surface area contributed by atoms with Gasteiger partial charge in [-0.05, 0) is 32.3 Å². The van der Waals surface area contributed by atoms with Crippen LogP contribution in [-0.4, -0.2) is 24.5 Å². The van der Waals surface area contributed by atoms with Gasteiger partial charge in [-0.2, -0.15) is 0 Å². The van der Waals surface area contributed by atoms with E-state index in [9.17, 15) is 9.59 Å². The van der Waals surface area contributed by atoms with E-state index >= 15 is 0 Å². The van der Waals surface area contributed by atoms with Gasteiger partial charge in [-0.1, -0.05) is 18.2 Å². The standard InChI is InChI=1S/C17H21N3O3/c1-11-13(12-6-2-3-8-15(12)23-11)10-19-17(22)20-14-7-4-5-9-18-16(14)21/h2-3,6,8,14H,4-5,7,9-10H2,1H3,(H,18,21)(H2,19,20,22)/t14-/m0/s1. The van der Waals surface area contributed by atoms with Gasteiger partial charge in [0.25, 0.3) is 0 Å². The number of aryl methyl sites for hydroxylation is 1. The maximum atomic E-state index is 12.1. The Labute approximate surface area is 134 Å². The molecule has 2 aromatic rings. The highest BCUT2D eigenvalue weighted by molar-refractivity contribution is 5.87. The predicted molar refractivity (Wildman–Crippen MR) is 87.0 cm³/mol. The van der Waals surface area contributed by atoms with Crippen LogP contribution in [0.1, 0.15) is 30.6 Å². The number of carbonyl (C=O) groups excluding carboxylic acids is 2. The quantitative estimate of drug-likeness (QED) is 0.812. The third kappa shape index (κ3) is 3.47. The van der Waals surface area contributed by atoms with Crippen LogP contribution in [0.3, 0.4) is 0 Å². The summed E-state index contributed by atoms with van der Waals surface area (Å²) in [6.45, 7) is 2.93. The van der Waals surface area contributed by atoms with Crippen molar-refractivity contribution in [2.45, 2.75) is 38.8 Å². The largest absolute Gasteiger partial charge is 0.461 e. The molecule has 3 N–H and O–H groups in total. The molecule has 1 aliphatic heterocycles. The van der Waals surface area contributed by atoms with Gasteiger partial charge in [-0.3, -0.25) is 4.79 Å². The molecule has 0 radical (unpaired) electrons. The molecular formula is C17H21N3O3. The van der Waals surface area contributed by atoms with Crippen LogP contribution in [0.4, 0.5) is 4.79 Å². The Morgan fingerprint density at radius 2 is 2.17 bits per heavy atom. The van der Waals surface area contributed by atoms with Crippen molar-refractivity contribution >= 4 is 22.9 Å². The number of hydrogen-bond acceptors (Lipinski definition) is 3. The Morgan fingerprint density at radius 3 is 3.04 bits per heavy atom. The molecule has 0 spiro atoms. The lowest BCUT2D eigenvalue weighted by Gasteiger charge is -2.15. The molecule has 6 heteroatoms. The zero-order valence-electron chi connectivity index (χ0n) is 13.1. The molecule has 0 saturated carbocycles. The van der Waals surface area contributed by atoms with E-state index in [4.69, 9.17) is 4.42 Å². The zero-order valence-corrected chi connectivity index (χ0v) is 13.1. The maximum absolute atomic E-state index is 12.1. The number of hydrogen-bond donors (Lipinski definition) is 3. The van der Waals surface area contributed by atoms with E-state index in [-0.39, 0.29) is 11.9 Å². The Morgan fingerprint density at radius 1 is 1.35 bits per heavy atom. The molecule has 1 atom stereocenters. The second-order valence-electron chi connectivity index (χ2n) is 5.80. The molecule has 122 valence electrons.